The SMILES string of the molecule is CC1(C)C(/C=C/C2=C(c3c(F)cc(F)cc3F)C(=C/C=C3/N(CCCS(=O)(=O)O)c4ccc(S(=O)(=O)O)cc4C3(C)CCCCC(=O)O)/CCC2)=[N+](CCCS(=O)(=O)O)c2ccc(S(=O)(=O)O)cc21. The summed E-state index contributed by atoms with van der Waals surface area (Å²) in [5.41, 5.74) is 0.532. The molecule has 23 heteroatoms. The number of carbonyl (C=O) groups is 1. The van der Waals surface area contributed by atoms with Crippen LogP contribution in [0.2, 0.25) is 0 Å². The largest absolute Gasteiger partial charge is 0.481 e. The molecule has 16 nitrogen and oxygen atoms in total. The fourth-order valence-electron chi connectivity index (χ4n) is 9.54. The van der Waals surface area contributed by atoms with Crippen LogP contribution in [0, 0.1) is 17.5 Å². The Morgan fingerprint density at radius 2 is 1.33 bits per heavy atom. The normalized spacial score (nSPS) is 19.9. The molecule has 0 aromatic heterocycles. The van der Waals surface area contributed by atoms with Gasteiger partial charge in [0.15, 0.2) is 5.71 Å². The van der Waals surface area contributed by atoms with Crippen molar-refractivity contribution in [2.75, 3.05) is 29.5 Å². The summed E-state index contributed by atoms with van der Waals surface area (Å²) in [7, 11) is -18.2. The number of allylic oxidation sites excluding steroid dienone is 8. The summed E-state index contributed by atoms with van der Waals surface area (Å²) in [5, 5.41) is 9.38. The quantitative estimate of drug-likeness (QED) is 0.0433. The lowest BCUT2D eigenvalue weighted by molar-refractivity contribution is -0.437. The van der Waals surface area contributed by atoms with Crippen LogP contribution < -0.4 is 4.90 Å². The number of benzene rings is 3. The van der Waals surface area contributed by atoms with E-state index in [4.69, 9.17) is 0 Å². The van der Waals surface area contributed by atoms with Crippen LogP contribution in [-0.2, 0) is 56.1 Å². The van der Waals surface area contributed by atoms with E-state index >= 15 is 8.78 Å². The monoisotopic (exact) mass is 1040 g/mol. The van der Waals surface area contributed by atoms with Gasteiger partial charge in [-0.25, -0.2) is 13.2 Å². The molecule has 2 heterocycles. The third-order valence-corrected chi connectivity index (χ3v) is 16.0. The number of anilines is 1. The van der Waals surface area contributed by atoms with E-state index in [9.17, 15) is 66.2 Å². The number of hydrogen-bond donors (Lipinski definition) is 5. The van der Waals surface area contributed by atoms with E-state index in [1.807, 2.05) is 0 Å². The molecule has 6 rings (SSSR count). The van der Waals surface area contributed by atoms with Crippen molar-refractivity contribution in [3.63, 3.8) is 0 Å². The summed E-state index contributed by atoms with van der Waals surface area (Å²) < 4.78 is 184. The first-order valence-corrected chi connectivity index (χ1v) is 27.8. The smallest absolute Gasteiger partial charge is 0.303 e. The second-order valence-electron chi connectivity index (χ2n) is 17.9. The first kappa shape index (κ1) is 53.3. The molecular weight excluding hydrogens is 990 g/mol. The summed E-state index contributed by atoms with van der Waals surface area (Å²) >= 11 is 0. The highest BCUT2D eigenvalue weighted by Crippen LogP contribution is 2.52. The van der Waals surface area contributed by atoms with Crippen molar-refractivity contribution in [2.24, 2.45) is 0 Å². The minimum atomic E-state index is -4.75. The van der Waals surface area contributed by atoms with Crippen molar-refractivity contribution >= 4 is 69.1 Å². The highest BCUT2D eigenvalue weighted by atomic mass is 32.2. The fraction of sp³-hybridized carbons (Fsp3) is 0.391. The maximum Gasteiger partial charge on any atom is 0.303 e. The Balaban J connectivity index is 1.58. The van der Waals surface area contributed by atoms with Crippen molar-refractivity contribution in [2.45, 2.75) is 99.2 Å². The lowest BCUT2D eigenvalue weighted by Crippen LogP contribution is -2.30. The average Bonchev–Trinajstić information content (AvgIpc) is 3.57. The summed E-state index contributed by atoms with van der Waals surface area (Å²) in [4.78, 5) is 12.3. The Labute approximate surface area is 399 Å². The minimum Gasteiger partial charge on any atom is -0.481 e. The molecule has 0 bridgehead atoms. The molecular formula is C46H52F3N2O14S4+. The third kappa shape index (κ3) is 12.1. The molecule has 1 aliphatic carbocycles. The van der Waals surface area contributed by atoms with Crippen LogP contribution >= 0.6 is 0 Å². The molecule has 2 aliphatic heterocycles. The van der Waals surface area contributed by atoms with E-state index in [0.29, 0.717) is 70.0 Å². The number of rotatable bonds is 19. The van der Waals surface area contributed by atoms with Crippen molar-refractivity contribution in [1.29, 1.82) is 0 Å². The van der Waals surface area contributed by atoms with Gasteiger partial charge in [0.2, 0.25) is 5.69 Å². The van der Waals surface area contributed by atoms with Gasteiger partial charge in [-0.2, -0.15) is 38.2 Å². The number of unbranched alkanes of at least 4 members (excludes halogenated alkanes) is 1. The van der Waals surface area contributed by atoms with Crippen LogP contribution in [0.4, 0.5) is 24.5 Å². The van der Waals surface area contributed by atoms with Crippen molar-refractivity contribution in [3.05, 3.63) is 124 Å². The number of hydrogen-bond acceptors (Lipinski definition) is 10. The van der Waals surface area contributed by atoms with Crippen molar-refractivity contribution in [1.82, 2.24) is 0 Å². The molecule has 69 heavy (non-hydrogen) atoms. The molecule has 3 aliphatic rings. The van der Waals surface area contributed by atoms with Gasteiger partial charge in [0.25, 0.3) is 40.5 Å². The van der Waals surface area contributed by atoms with Crippen LogP contribution in [-0.4, -0.2) is 97.8 Å². The zero-order chi connectivity index (χ0) is 51.1. The maximum atomic E-state index is 16.1. The summed E-state index contributed by atoms with van der Waals surface area (Å²) in [6.45, 7) is 5.18. The predicted octanol–water partition coefficient (Wildman–Crippen LogP) is 7.96. The lowest BCUT2D eigenvalue weighted by atomic mass is 9.76. The van der Waals surface area contributed by atoms with Crippen LogP contribution in [0.15, 0.2) is 99.5 Å². The van der Waals surface area contributed by atoms with Crippen LogP contribution in [0.1, 0.15) is 95.2 Å². The number of aliphatic carboxylic acids is 1. The third-order valence-electron chi connectivity index (χ3n) is 12.7. The second kappa shape index (κ2) is 20.0. The summed E-state index contributed by atoms with van der Waals surface area (Å²) in [6.07, 6.45) is 7.56. The summed E-state index contributed by atoms with van der Waals surface area (Å²) in [5.74, 6) is -5.98. The molecule has 0 saturated carbocycles. The number of halogens is 3. The summed E-state index contributed by atoms with van der Waals surface area (Å²) in [6, 6.07) is 8.78. The molecule has 0 spiro atoms. The topological polar surface area (TPSA) is 261 Å². The Kier molecular flexibility index (Phi) is 15.5. The van der Waals surface area contributed by atoms with Crippen LogP contribution in [0.3, 0.4) is 0 Å². The fourth-order valence-corrected chi connectivity index (χ4v) is 11.5. The molecule has 374 valence electrons. The Morgan fingerprint density at radius 3 is 1.93 bits per heavy atom. The number of nitrogens with zero attached hydrogens (tertiary/aromatic N) is 2. The van der Waals surface area contributed by atoms with Gasteiger partial charge in [0.1, 0.15) is 24.0 Å². The Morgan fingerprint density at radius 1 is 0.739 bits per heavy atom. The molecule has 1 atom stereocenters. The van der Waals surface area contributed by atoms with E-state index in [-0.39, 0.29) is 63.6 Å². The Hall–Kier alpha value is -5.01. The van der Waals surface area contributed by atoms with Gasteiger partial charge in [-0.1, -0.05) is 18.6 Å². The average molecular weight is 1040 g/mol. The molecule has 3 aromatic rings. The van der Waals surface area contributed by atoms with Crippen LogP contribution in [0.25, 0.3) is 5.57 Å². The van der Waals surface area contributed by atoms with E-state index in [1.165, 1.54) is 30.3 Å². The van der Waals surface area contributed by atoms with E-state index in [1.54, 1.807) is 54.6 Å². The molecule has 0 amide bonds. The van der Waals surface area contributed by atoms with Gasteiger partial charge in [0.05, 0.1) is 32.3 Å². The highest BCUT2D eigenvalue weighted by molar-refractivity contribution is 7.86. The molecule has 1 unspecified atom stereocenters. The first-order valence-electron chi connectivity index (χ1n) is 21.7. The molecule has 5 N–H and O–H groups in total. The van der Waals surface area contributed by atoms with Gasteiger partial charge in [-0.05, 0) is 118 Å². The minimum absolute atomic E-state index is 0.00309. The number of carboxylic acids is 1. The van der Waals surface area contributed by atoms with E-state index < -0.39 is 102 Å². The number of fused-ring (bicyclic) bond motifs is 2. The lowest BCUT2D eigenvalue weighted by Gasteiger charge is -2.31. The maximum absolute atomic E-state index is 16.1. The number of carboxylic acid groups (broad SMARTS) is 1. The zero-order valence-corrected chi connectivity index (χ0v) is 41.0. The highest BCUT2D eigenvalue weighted by Gasteiger charge is 2.46. The van der Waals surface area contributed by atoms with Gasteiger partial charge >= 0.3 is 5.97 Å². The van der Waals surface area contributed by atoms with Crippen molar-refractivity contribution in [3.8, 4) is 0 Å². The standard InChI is InChI=1S/C46H51F3N2O14S4/c1-45(2)34-27-32(68(60,61)62)14-16-38(34)50(21-7-23-66(54,55)56)40(45)18-12-29-9-6-10-30(43(29)44-36(48)25-31(47)26-37(44)49)13-19-41-46(3,20-5-4-11-42(52)53)35-28-33(69(63,64)65)15-17-39(35)51(41)22-8-24-67(57,58)59/h12-19,25-28H,4-11,20-24H2,1-3H3,(H4-,52,53,54,55,56,57,58,59,60,61,62,63,64,65)/p+1. The zero-order valence-electron chi connectivity index (χ0n) is 37.7. The molecule has 0 fully saturated rings. The molecule has 0 saturated heterocycles. The van der Waals surface area contributed by atoms with Crippen molar-refractivity contribution < 1.29 is 79.5 Å². The van der Waals surface area contributed by atoms with Crippen LogP contribution in [0.5, 0.6) is 0 Å². The van der Waals surface area contributed by atoms with Gasteiger partial charge in [-0.15, -0.1) is 0 Å². The van der Waals surface area contributed by atoms with Gasteiger partial charge in [-0.3, -0.25) is 23.0 Å². The second-order valence-corrected chi connectivity index (χ2v) is 23.9. The first-order chi connectivity index (χ1) is 31.9. The molecule has 0 radical (unpaired) electrons. The van der Waals surface area contributed by atoms with E-state index in [2.05, 4.69) is 0 Å². The van der Waals surface area contributed by atoms with Gasteiger partial charge in [0, 0.05) is 66.0 Å². The van der Waals surface area contributed by atoms with Gasteiger partial charge < -0.3 is 10.0 Å². The van der Waals surface area contributed by atoms with E-state index in [0.717, 1.165) is 6.07 Å². The molecule has 3 aromatic carbocycles. The predicted molar refractivity (Wildman–Crippen MR) is 251 cm³/mol. The Bertz CT molecular complexity index is 3190.